The fourth-order valence-electron chi connectivity index (χ4n) is 3.55. The van der Waals surface area contributed by atoms with E-state index in [1.54, 1.807) is 43.3 Å². The summed E-state index contributed by atoms with van der Waals surface area (Å²) in [5.74, 6) is -0.248. The van der Waals surface area contributed by atoms with E-state index in [2.05, 4.69) is 10.0 Å². The summed E-state index contributed by atoms with van der Waals surface area (Å²) in [6.07, 6.45) is -0.877. The van der Waals surface area contributed by atoms with Gasteiger partial charge in [0.1, 0.15) is 5.75 Å². The maximum Gasteiger partial charge on any atom is 0.263 e. The largest absolute Gasteiger partial charge is 0.477 e. The number of anilines is 2. The summed E-state index contributed by atoms with van der Waals surface area (Å²) < 4.78 is 31.9. The summed E-state index contributed by atoms with van der Waals surface area (Å²) in [4.78, 5) is 27.7. The molecule has 4 rings (SSSR count). The van der Waals surface area contributed by atoms with Crippen molar-refractivity contribution in [3.63, 3.8) is 0 Å². The van der Waals surface area contributed by atoms with Gasteiger partial charge in [0.05, 0.1) is 18.0 Å². The summed E-state index contributed by atoms with van der Waals surface area (Å²) in [6.45, 7) is 1.94. The molecule has 9 heteroatoms. The van der Waals surface area contributed by atoms with E-state index in [1.165, 1.54) is 17.0 Å². The average Bonchev–Trinajstić information content (AvgIpc) is 2.87. The summed E-state index contributed by atoms with van der Waals surface area (Å²) in [5, 5.41) is 2.87. The Hall–Kier alpha value is -3.85. The van der Waals surface area contributed by atoms with Crippen molar-refractivity contribution in [2.75, 3.05) is 21.9 Å². The summed E-state index contributed by atoms with van der Waals surface area (Å²) in [5.41, 5.74) is 2.26. The van der Waals surface area contributed by atoms with Crippen molar-refractivity contribution in [2.45, 2.75) is 19.6 Å². The van der Waals surface area contributed by atoms with Gasteiger partial charge in [-0.3, -0.25) is 14.3 Å². The number of sulfonamides is 1. The molecule has 1 atom stereocenters. The average molecular weight is 480 g/mol. The van der Waals surface area contributed by atoms with Gasteiger partial charge in [-0.05, 0) is 48.9 Å². The van der Waals surface area contributed by atoms with Crippen molar-refractivity contribution in [1.82, 2.24) is 5.32 Å². The number of amides is 2. The highest BCUT2D eigenvalue weighted by atomic mass is 32.2. The van der Waals surface area contributed by atoms with Gasteiger partial charge >= 0.3 is 0 Å². The Morgan fingerprint density at radius 2 is 1.65 bits per heavy atom. The maximum atomic E-state index is 13.4. The van der Waals surface area contributed by atoms with Crippen LogP contribution in [0.15, 0.2) is 78.9 Å². The minimum atomic E-state index is -3.41. The van der Waals surface area contributed by atoms with Crippen LogP contribution in [-0.4, -0.2) is 38.6 Å². The van der Waals surface area contributed by atoms with Crippen molar-refractivity contribution >= 4 is 33.2 Å². The van der Waals surface area contributed by atoms with Crippen LogP contribution in [0, 0.1) is 0 Å². The second-order valence-electron chi connectivity index (χ2n) is 7.78. The fourth-order valence-corrected chi connectivity index (χ4v) is 4.19. The SMILES string of the molecule is CCS(=O)(=O)Nc1ccc(C(=O)N2C[C@@H](C(=O)NCc3ccccc3)Oc3ccccc32)cc1. The third-order valence-electron chi connectivity index (χ3n) is 5.41. The highest BCUT2D eigenvalue weighted by Crippen LogP contribution is 2.34. The summed E-state index contributed by atoms with van der Waals surface area (Å²) in [7, 11) is -3.41. The molecule has 3 aromatic rings. The number of ether oxygens (including phenoxy) is 1. The first-order chi connectivity index (χ1) is 16.4. The zero-order chi connectivity index (χ0) is 24.1. The molecule has 2 N–H and O–H groups in total. The van der Waals surface area contributed by atoms with Gasteiger partial charge in [-0.25, -0.2) is 8.42 Å². The predicted molar refractivity (Wildman–Crippen MR) is 130 cm³/mol. The van der Waals surface area contributed by atoms with Crippen LogP contribution >= 0.6 is 0 Å². The minimum Gasteiger partial charge on any atom is -0.477 e. The molecule has 0 aromatic heterocycles. The van der Waals surface area contributed by atoms with Crippen LogP contribution in [0.3, 0.4) is 0 Å². The molecule has 0 spiro atoms. The van der Waals surface area contributed by atoms with Crippen molar-refractivity contribution in [3.8, 4) is 5.75 Å². The molecule has 3 aromatic carbocycles. The Labute approximate surface area is 198 Å². The number of carbonyl (C=O) groups excluding carboxylic acids is 2. The molecule has 1 aliphatic heterocycles. The lowest BCUT2D eigenvalue weighted by Crippen LogP contribution is -2.50. The molecule has 1 heterocycles. The molecule has 34 heavy (non-hydrogen) atoms. The van der Waals surface area contributed by atoms with Crippen LogP contribution in [0.25, 0.3) is 0 Å². The molecule has 1 aliphatic rings. The van der Waals surface area contributed by atoms with E-state index in [0.29, 0.717) is 29.2 Å². The number of nitrogens with zero attached hydrogens (tertiary/aromatic N) is 1. The van der Waals surface area contributed by atoms with Gasteiger partial charge in [0, 0.05) is 17.8 Å². The summed E-state index contributed by atoms with van der Waals surface area (Å²) >= 11 is 0. The lowest BCUT2D eigenvalue weighted by Gasteiger charge is -2.34. The second kappa shape index (κ2) is 9.96. The number of hydrogen-bond acceptors (Lipinski definition) is 5. The first kappa shape index (κ1) is 23.3. The van der Waals surface area contributed by atoms with Crippen molar-refractivity contribution < 1.29 is 22.7 Å². The van der Waals surface area contributed by atoms with Gasteiger partial charge in [-0.2, -0.15) is 0 Å². The van der Waals surface area contributed by atoms with Crippen LogP contribution in [0.4, 0.5) is 11.4 Å². The lowest BCUT2D eigenvalue weighted by atomic mass is 10.1. The van der Waals surface area contributed by atoms with Gasteiger partial charge in [0.15, 0.2) is 6.10 Å². The molecule has 0 radical (unpaired) electrons. The smallest absolute Gasteiger partial charge is 0.263 e. The molecule has 0 fully saturated rings. The zero-order valence-corrected chi connectivity index (χ0v) is 19.4. The first-order valence-corrected chi connectivity index (χ1v) is 12.5. The Kier molecular flexibility index (Phi) is 6.83. The quantitative estimate of drug-likeness (QED) is 0.542. The molecular formula is C25H25N3O5S. The first-order valence-electron chi connectivity index (χ1n) is 10.9. The van der Waals surface area contributed by atoms with Crippen molar-refractivity contribution in [3.05, 3.63) is 90.0 Å². The van der Waals surface area contributed by atoms with Crippen LogP contribution in [-0.2, 0) is 21.4 Å². The number of rotatable bonds is 7. The third kappa shape index (κ3) is 5.37. The topological polar surface area (TPSA) is 105 Å². The molecule has 176 valence electrons. The minimum absolute atomic E-state index is 0.0423. The fraction of sp³-hybridized carbons (Fsp3) is 0.200. The van der Waals surface area contributed by atoms with Gasteiger partial charge in [-0.1, -0.05) is 42.5 Å². The Bertz CT molecular complexity index is 1280. The van der Waals surface area contributed by atoms with E-state index in [-0.39, 0.29) is 24.1 Å². The highest BCUT2D eigenvalue weighted by molar-refractivity contribution is 7.92. The van der Waals surface area contributed by atoms with Gasteiger partial charge in [0.2, 0.25) is 10.0 Å². The van der Waals surface area contributed by atoms with Crippen LogP contribution in [0.1, 0.15) is 22.8 Å². The van der Waals surface area contributed by atoms with E-state index in [0.717, 1.165) is 5.56 Å². The molecule has 8 nitrogen and oxygen atoms in total. The number of nitrogens with one attached hydrogen (secondary N) is 2. The van der Waals surface area contributed by atoms with E-state index in [4.69, 9.17) is 4.74 Å². The van der Waals surface area contributed by atoms with Crippen molar-refractivity contribution in [1.29, 1.82) is 0 Å². The van der Waals surface area contributed by atoms with Crippen LogP contribution in [0.5, 0.6) is 5.75 Å². The third-order valence-corrected chi connectivity index (χ3v) is 6.71. The van der Waals surface area contributed by atoms with Crippen molar-refractivity contribution in [2.24, 2.45) is 0 Å². The van der Waals surface area contributed by atoms with E-state index < -0.39 is 16.1 Å². The van der Waals surface area contributed by atoms with E-state index in [9.17, 15) is 18.0 Å². The molecule has 0 aliphatic carbocycles. The molecule has 0 unspecified atom stereocenters. The molecule has 0 saturated heterocycles. The maximum absolute atomic E-state index is 13.4. The number of hydrogen-bond donors (Lipinski definition) is 2. The van der Waals surface area contributed by atoms with E-state index in [1.807, 2.05) is 30.3 Å². The van der Waals surface area contributed by atoms with Crippen LogP contribution < -0.4 is 19.7 Å². The Balaban J connectivity index is 1.52. The molecule has 0 saturated carbocycles. The standard InChI is InChI=1S/C25H25N3O5S/c1-2-34(31,32)27-20-14-12-19(13-15-20)25(30)28-17-23(33-22-11-7-6-10-21(22)28)24(29)26-16-18-8-4-3-5-9-18/h3-15,23,27H,2,16-17H2,1H3,(H,26,29)/t23-/m0/s1. The summed E-state index contributed by atoms with van der Waals surface area (Å²) in [6, 6.07) is 22.8. The lowest BCUT2D eigenvalue weighted by molar-refractivity contribution is -0.127. The second-order valence-corrected chi connectivity index (χ2v) is 9.79. The highest BCUT2D eigenvalue weighted by Gasteiger charge is 2.34. The predicted octanol–water partition coefficient (Wildman–Crippen LogP) is 3.17. The van der Waals surface area contributed by atoms with Crippen LogP contribution in [0.2, 0.25) is 0 Å². The van der Waals surface area contributed by atoms with E-state index >= 15 is 0 Å². The Morgan fingerprint density at radius 3 is 2.35 bits per heavy atom. The number of carbonyl (C=O) groups is 2. The number of benzene rings is 3. The Morgan fingerprint density at radius 1 is 0.971 bits per heavy atom. The molecule has 2 amide bonds. The molecule has 0 bridgehead atoms. The normalized spacial score (nSPS) is 15.1. The number of para-hydroxylation sites is 2. The number of fused-ring (bicyclic) bond motifs is 1. The molecular weight excluding hydrogens is 454 g/mol. The van der Waals surface area contributed by atoms with Gasteiger partial charge in [-0.15, -0.1) is 0 Å². The zero-order valence-electron chi connectivity index (χ0n) is 18.6. The van der Waals surface area contributed by atoms with Gasteiger partial charge < -0.3 is 15.0 Å². The van der Waals surface area contributed by atoms with Gasteiger partial charge in [0.25, 0.3) is 11.8 Å². The monoisotopic (exact) mass is 479 g/mol.